The average Bonchev–Trinajstić information content (AvgIpc) is 3.04. The van der Waals surface area contributed by atoms with Crippen molar-refractivity contribution in [3.05, 3.63) is 108 Å². The fourth-order valence-corrected chi connectivity index (χ4v) is 5.43. The van der Waals surface area contributed by atoms with Crippen LogP contribution >= 0.6 is 0 Å². The summed E-state index contributed by atoms with van der Waals surface area (Å²) in [5, 5.41) is 35.3. The van der Waals surface area contributed by atoms with Crippen molar-refractivity contribution in [2.24, 2.45) is 11.8 Å². The predicted octanol–water partition coefficient (Wildman–Crippen LogP) is 3.14. The van der Waals surface area contributed by atoms with Gasteiger partial charge in [0, 0.05) is 19.5 Å². The molecule has 0 aromatic heterocycles. The van der Waals surface area contributed by atoms with Crippen LogP contribution in [0, 0.1) is 11.8 Å². The first-order valence-corrected chi connectivity index (χ1v) is 16.0. The molecular formula is C37H50N4O5. The zero-order valence-corrected chi connectivity index (χ0v) is 27.5. The van der Waals surface area contributed by atoms with Crippen molar-refractivity contribution in [1.82, 2.24) is 21.3 Å². The Bertz CT molecular complexity index is 1350. The van der Waals surface area contributed by atoms with E-state index in [1.807, 2.05) is 119 Å². The maximum atomic E-state index is 13.8. The summed E-state index contributed by atoms with van der Waals surface area (Å²) in [5.41, 5.74) is 2.89. The van der Waals surface area contributed by atoms with Crippen LogP contribution in [0.15, 0.2) is 91.0 Å². The first-order chi connectivity index (χ1) is 22.0. The Labute approximate surface area is 273 Å². The minimum Gasteiger partial charge on any atom is -0.389 e. The van der Waals surface area contributed by atoms with Gasteiger partial charge in [0.2, 0.25) is 17.7 Å². The number of amides is 3. The highest BCUT2D eigenvalue weighted by Crippen LogP contribution is 2.17. The van der Waals surface area contributed by atoms with E-state index in [0.29, 0.717) is 13.0 Å². The molecule has 0 radical (unpaired) electrons. The lowest BCUT2D eigenvalue weighted by Gasteiger charge is -2.34. The van der Waals surface area contributed by atoms with Crippen LogP contribution in [-0.2, 0) is 33.8 Å². The third kappa shape index (κ3) is 11.4. The number of carbonyl (C=O) groups is 3. The molecule has 6 N–H and O–H groups in total. The van der Waals surface area contributed by atoms with Gasteiger partial charge in [0.05, 0.1) is 12.1 Å². The lowest BCUT2D eigenvalue weighted by molar-refractivity contribution is -0.134. The SMILES string of the molecule is CC(=O)N[C@H](C(=O)N[C@H](C(=O)NC(Cc1ccccc1)C(O)C(O)C(Cc1ccccc1)NCc1ccccc1)C(C)C)C(C)C. The number of hydrogen-bond acceptors (Lipinski definition) is 6. The van der Waals surface area contributed by atoms with Crippen LogP contribution in [-0.4, -0.2) is 64.3 Å². The van der Waals surface area contributed by atoms with Gasteiger partial charge in [0.15, 0.2) is 0 Å². The molecule has 0 aliphatic heterocycles. The van der Waals surface area contributed by atoms with Gasteiger partial charge < -0.3 is 31.5 Å². The van der Waals surface area contributed by atoms with Gasteiger partial charge in [-0.25, -0.2) is 0 Å². The van der Waals surface area contributed by atoms with Gasteiger partial charge in [-0.1, -0.05) is 119 Å². The van der Waals surface area contributed by atoms with E-state index in [4.69, 9.17) is 0 Å². The molecule has 4 unspecified atom stereocenters. The van der Waals surface area contributed by atoms with Crippen LogP contribution in [0.4, 0.5) is 0 Å². The Kier molecular flexibility index (Phi) is 14.4. The molecule has 0 fully saturated rings. The van der Waals surface area contributed by atoms with E-state index >= 15 is 0 Å². The van der Waals surface area contributed by atoms with Crippen molar-refractivity contribution in [3.63, 3.8) is 0 Å². The second-order valence-electron chi connectivity index (χ2n) is 12.6. The fourth-order valence-electron chi connectivity index (χ4n) is 5.43. The summed E-state index contributed by atoms with van der Waals surface area (Å²) in [6.07, 6.45) is -1.91. The maximum absolute atomic E-state index is 13.8. The van der Waals surface area contributed by atoms with Crippen molar-refractivity contribution < 1.29 is 24.6 Å². The van der Waals surface area contributed by atoms with E-state index in [-0.39, 0.29) is 24.2 Å². The molecule has 3 aromatic rings. The largest absolute Gasteiger partial charge is 0.389 e. The van der Waals surface area contributed by atoms with Crippen LogP contribution < -0.4 is 21.3 Å². The molecule has 0 heterocycles. The molecule has 9 heteroatoms. The molecule has 0 saturated carbocycles. The lowest BCUT2D eigenvalue weighted by atomic mass is 9.90. The van der Waals surface area contributed by atoms with Crippen molar-refractivity contribution in [2.75, 3.05) is 0 Å². The topological polar surface area (TPSA) is 140 Å². The number of benzene rings is 3. The number of rotatable bonds is 17. The summed E-state index contributed by atoms with van der Waals surface area (Å²) in [6.45, 7) is 9.08. The Morgan fingerprint density at radius 3 is 1.41 bits per heavy atom. The number of nitrogens with one attached hydrogen (secondary N) is 4. The van der Waals surface area contributed by atoms with E-state index in [1.54, 1.807) is 0 Å². The van der Waals surface area contributed by atoms with Crippen molar-refractivity contribution >= 4 is 17.7 Å². The Morgan fingerprint density at radius 2 is 0.957 bits per heavy atom. The average molecular weight is 631 g/mol. The minimum atomic E-state index is -1.35. The van der Waals surface area contributed by atoms with E-state index in [2.05, 4.69) is 21.3 Å². The molecule has 3 aromatic carbocycles. The number of aliphatic hydroxyl groups is 2. The van der Waals surface area contributed by atoms with Gasteiger partial charge in [0.1, 0.15) is 18.2 Å². The molecule has 0 aliphatic rings. The third-order valence-corrected chi connectivity index (χ3v) is 8.06. The summed E-state index contributed by atoms with van der Waals surface area (Å²) in [5.74, 6) is -1.80. The van der Waals surface area contributed by atoms with Gasteiger partial charge in [-0.05, 0) is 41.4 Å². The quantitative estimate of drug-likeness (QED) is 0.136. The van der Waals surface area contributed by atoms with E-state index in [0.717, 1.165) is 16.7 Å². The fraction of sp³-hybridized carbons (Fsp3) is 0.432. The molecule has 3 rings (SSSR count). The van der Waals surface area contributed by atoms with Crippen LogP contribution in [0.5, 0.6) is 0 Å². The molecule has 9 nitrogen and oxygen atoms in total. The zero-order chi connectivity index (χ0) is 33.6. The van der Waals surface area contributed by atoms with Gasteiger partial charge in [0.25, 0.3) is 0 Å². The van der Waals surface area contributed by atoms with Gasteiger partial charge in [-0.2, -0.15) is 0 Å². The highest BCUT2D eigenvalue weighted by atomic mass is 16.3. The molecular weight excluding hydrogens is 580 g/mol. The van der Waals surface area contributed by atoms with Crippen molar-refractivity contribution in [1.29, 1.82) is 0 Å². The van der Waals surface area contributed by atoms with Crippen molar-refractivity contribution in [3.8, 4) is 0 Å². The van der Waals surface area contributed by atoms with E-state index in [9.17, 15) is 24.6 Å². The minimum absolute atomic E-state index is 0.201. The van der Waals surface area contributed by atoms with Gasteiger partial charge in [-0.3, -0.25) is 14.4 Å². The molecule has 0 aliphatic carbocycles. The lowest BCUT2D eigenvalue weighted by Crippen LogP contribution is -2.61. The second-order valence-corrected chi connectivity index (χ2v) is 12.6. The zero-order valence-electron chi connectivity index (χ0n) is 27.5. The van der Waals surface area contributed by atoms with Crippen LogP contribution in [0.2, 0.25) is 0 Å². The van der Waals surface area contributed by atoms with Gasteiger partial charge in [-0.15, -0.1) is 0 Å². The third-order valence-electron chi connectivity index (χ3n) is 8.06. The number of hydrogen-bond donors (Lipinski definition) is 6. The normalized spacial score (nSPS) is 15.3. The van der Waals surface area contributed by atoms with Crippen LogP contribution in [0.3, 0.4) is 0 Å². The molecule has 0 saturated heterocycles. The summed E-state index contributed by atoms with van der Waals surface area (Å²) in [6, 6.07) is 25.8. The van der Waals surface area contributed by atoms with Crippen LogP contribution in [0.1, 0.15) is 51.3 Å². The predicted molar refractivity (Wildman–Crippen MR) is 181 cm³/mol. The molecule has 46 heavy (non-hydrogen) atoms. The number of carbonyl (C=O) groups excluding carboxylic acids is 3. The molecule has 0 bridgehead atoms. The van der Waals surface area contributed by atoms with E-state index in [1.165, 1.54) is 6.92 Å². The van der Waals surface area contributed by atoms with Crippen molar-refractivity contribution in [2.45, 2.75) is 90.4 Å². The summed E-state index contributed by atoms with van der Waals surface area (Å²) in [4.78, 5) is 38.8. The van der Waals surface area contributed by atoms with E-state index < -0.39 is 48.2 Å². The summed E-state index contributed by atoms with van der Waals surface area (Å²) in [7, 11) is 0. The highest BCUT2D eigenvalue weighted by molar-refractivity contribution is 5.92. The molecule has 3 amide bonds. The Morgan fingerprint density at radius 1 is 0.565 bits per heavy atom. The monoisotopic (exact) mass is 630 g/mol. The standard InChI is InChI=1S/C37H50N4O5/c1-24(2)32(39-26(5)42)37(46)41-33(25(3)4)36(45)40-31(22-28-17-11-7-12-18-28)35(44)34(43)30(21-27-15-9-6-10-16-27)38-23-29-19-13-8-14-20-29/h6-20,24-25,30-35,38,43-44H,21-23H2,1-5H3,(H,39,42)(H,40,45)(H,41,46)/t30?,31?,32-,33-,34?,35?/m0/s1. The summed E-state index contributed by atoms with van der Waals surface area (Å²) >= 11 is 0. The first kappa shape index (κ1) is 36.4. The molecule has 6 atom stereocenters. The second kappa shape index (κ2) is 18.2. The van der Waals surface area contributed by atoms with Gasteiger partial charge >= 0.3 is 0 Å². The Balaban J connectivity index is 1.86. The number of aliphatic hydroxyl groups excluding tert-OH is 2. The molecule has 0 spiro atoms. The highest BCUT2D eigenvalue weighted by Gasteiger charge is 2.36. The maximum Gasteiger partial charge on any atom is 0.243 e. The summed E-state index contributed by atoms with van der Waals surface area (Å²) < 4.78 is 0. The Hall–Kier alpha value is -4.05. The first-order valence-electron chi connectivity index (χ1n) is 16.0. The molecule has 248 valence electrons. The smallest absolute Gasteiger partial charge is 0.243 e. The van der Waals surface area contributed by atoms with Crippen LogP contribution in [0.25, 0.3) is 0 Å².